The van der Waals surface area contributed by atoms with Crippen LogP contribution >= 0.6 is 23.1 Å². The second-order valence-corrected chi connectivity index (χ2v) is 8.20. The summed E-state index contributed by atoms with van der Waals surface area (Å²) in [6.45, 7) is 3.51. The number of benzene rings is 1. The summed E-state index contributed by atoms with van der Waals surface area (Å²) in [4.78, 5) is 27.8. The zero-order chi connectivity index (χ0) is 20.1. The molecule has 2 aromatic heterocycles. The number of amides is 1. The number of nitriles is 1. The van der Waals surface area contributed by atoms with Gasteiger partial charge in [0.1, 0.15) is 17.1 Å². The number of nitrogens with one attached hydrogen (secondary N) is 2. The number of aromatic nitrogens is 3. The van der Waals surface area contributed by atoms with Gasteiger partial charge in [0.05, 0.1) is 0 Å². The van der Waals surface area contributed by atoms with E-state index in [1.165, 1.54) is 23.1 Å². The van der Waals surface area contributed by atoms with Crippen molar-refractivity contribution >= 4 is 34.7 Å². The van der Waals surface area contributed by atoms with Gasteiger partial charge >= 0.3 is 0 Å². The molecule has 0 atom stereocenters. The molecule has 0 aliphatic heterocycles. The van der Waals surface area contributed by atoms with Crippen LogP contribution in [0.25, 0.3) is 0 Å². The lowest BCUT2D eigenvalue weighted by atomic mass is 9.99. The Morgan fingerprint density at radius 2 is 2.07 bits per heavy atom. The van der Waals surface area contributed by atoms with Crippen molar-refractivity contribution in [3.05, 3.63) is 62.5 Å². The summed E-state index contributed by atoms with van der Waals surface area (Å²) in [5.41, 5.74) is 4.25. The first kappa shape index (κ1) is 19.8. The summed E-state index contributed by atoms with van der Waals surface area (Å²) in [7, 11) is 0. The molecule has 0 aliphatic carbocycles. The molecule has 0 aliphatic rings. The first-order valence-corrected chi connectivity index (χ1v) is 10.1. The molecule has 3 rings (SSSR count). The second kappa shape index (κ2) is 8.82. The van der Waals surface area contributed by atoms with E-state index in [9.17, 15) is 9.59 Å². The van der Waals surface area contributed by atoms with Crippen molar-refractivity contribution in [2.45, 2.75) is 35.9 Å². The first-order valence-electron chi connectivity index (χ1n) is 8.44. The highest BCUT2D eigenvalue weighted by Crippen LogP contribution is 2.29. The van der Waals surface area contributed by atoms with Gasteiger partial charge in [0.15, 0.2) is 4.34 Å². The van der Waals surface area contributed by atoms with Gasteiger partial charge in [-0.15, -0.1) is 10.2 Å². The molecule has 1 amide bonds. The maximum atomic E-state index is 12.3. The number of aryl methyl sites for hydroxylation is 1. The van der Waals surface area contributed by atoms with Crippen LogP contribution in [0.2, 0.25) is 0 Å². The summed E-state index contributed by atoms with van der Waals surface area (Å²) < 4.78 is 0.861. The Labute approximate surface area is 169 Å². The number of anilines is 1. The Kier molecular flexibility index (Phi) is 6.23. The van der Waals surface area contributed by atoms with Crippen molar-refractivity contribution in [2.24, 2.45) is 0 Å². The quantitative estimate of drug-likeness (QED) is 0.643. The summed E-state index contributed by atoms with van der Waals surface area (Å²) in [5.74, 6) is -0.131. The molecule has 1 aromatic carbocycles. The lowest BCUT2D eigenvalue weighted by Crippen LogP contribution is -2.18. The minimum atomic E-state index is -0.391. The van der Waals surface area contributed by atoms with E-state index in [0.717, 1.165) is 14.8 Å². The summed E-state index contributed by atoms with van der Waals surface area (Å²) in [6.07, 6.45) is 0.694. The maximum absolute atomic E-state index is 12.3. The molecule has 0 spiro atoms. The summed E-state index contributed by atoms with van der Waals surface area (Å²) >= 11 is 2.99. The predicted molar refractivity (Wildman–Crippen MR) is 109 cm³/mol. The third kappa shape index (κ3) is 4.65. The van der Waals surface area contributed by atoms with Gasteiger partial charge < -0.3 is 10.3 Å². The fourth-order valence-electron chi connectivity index (χ4n) is 2.80. The summed E-state index contributed by atoms with van der Waals surface area (Å²) in [6, 6.07) is 9.43. The van der Waals surface area contributed by atoms with Gasteiger partial charge in [-0.3, -0.25) is 9.59 Å². The van der Waals surface area contributed by atoms with Crippen molar-refractivity contribution in [1.29, 1.82) is 5.26 Å². The number of H-pyrrole nitrogens is 1. The molecule has 0 saturated carbocycles. The van der Waals surface area contributed by atoms with Crippen molar-refractivity contribution < 1.29 is 4.79 Å². The molecule has 3 aromatic rings. The average molecular weight is 412 g/mol. The zero-order valence-corrected chi connectivity index (χ0v) is 16.9. The van der Waals surface area contributed by atoms with Gasteiger partial charge in [-0.25, -0.2) is 0 Å². The zero-order valence-electron chi connectivity index (χ0n) is 15.3. The van der Waals surface area contributed by atoms with Crippen LogP contribution in [0.15, 0.2) is 43.8 Å². The van der Waals surface area contributed by atoms with Crippen LogP contribution in [0.4, 0.5) is 5.69 Å². The Hall–Kier alpha value is -2.96. The smallest absolute Gasteiger partial charge is 0.266 e. The normalized spacial score (nSPS) is 10.5. The van der Waals surface area contributed by atoms with E-state index < -0.39 is 5.56 Å². The van der Waals surface area contributed by atoms with Crippen LogP contribution in [0.3, 0.4) is 0 Å². The molecule has 0 fully saturated rings. The maximum Gasteiger partial charge on any atom is 0.266 e. The fourth-order valence-corrected chi connectivity index (χ4v) is 4.25. The molecule has 2 heterocycles. The van der Waals surface area contributed by atoms with Crippen LogP contribution in [0.1, 0.15) is 28.8 Å². The van der Waals surface area contributed by atoms with Crippen LogP contribution < -0.4 is 10.9 Å². The number of nitrogens with zero attached hydrogens (tertiary/aromatic N) is 3. The van der Waals surface area contributed by atoms with Gasteiger partial charge in [0.2, 0.25) is 5.91 Å². The minimum Gasteiger partial charge on any atom is -0.326 e. The SMILES string of the molecule is Cc1[nH]c(=O)c(C#N)c(C)c1CCC(=O)Nc1ccc(Sc2nncs2)cc1. The Bertz CT molecular complexity index is 1080. The van der Waals surface area contributed by atoms with Gasteiger partial charge in [-0.2, -0.15) is 5.26 Å². The van der Waals surface area contributed by atoms with Gasteiger partial charge in [-0.05, 0) is 55.7 Å². The van der Waals surface area contributed by atoms with Crippen LogP contribution in [-0.2, 0) is 11.2 Å². The number of rotatable bonds is 6. The van der Waals surface area contributed by atoms with E-state index >= 15 is 0 Å². The van der Waals surface area contributed by atoms with Crippen LogP contribution in [-0.4, -0.2) is 21.1 Å². The predicted octanol–water partition coefficient (Wildman–Crippen LogP) is 3.44. The van der Waals surface area contributed by atoms with Crippen molar-refractivity contribution in [3.63, 3.8) is 0 Å². The standard InChI is InChI=1S/C19H17N5O2S2/c1-11-15(12(2)22-18(26)16(11)9-20)7-8-17(25)23-13-3-5-14(6-4-13)28-19-24-21-10-27-19/h3-6,10H,7-8H2,1-2H3,(H,22,26)(H,23,25). The molecule has 0 unspecified atom stereocenters. The monoisotopic (exact) mass is 411 g/mol. The van der Waals surface area contributed by atoms with Crippen molar-refractivity contribution in [2.75, 3.05) is 5.32 Å². The first-order chi connectivity index (χ1) is 13.5. The van der Waals surface area contributed by atoms with Gasteiger partial charge in [0.25, 0.3) is 5.56 Å². The van der Waals surface area contributed by atoms with Crippen LogP contribution in [0.5, 0.6) is 0 Å². The number of carbonyl (C=O) groups is 1. The summed E-state index contributed by atoms with van der Waals surface area (Å²) in [5, 5.41) is 19.8. The highest BCUT2D eigenvalue weighted by Gasteiger charge is 2.13. The molecule has 142 valence electrons. The lowest BCUT2D eigenvalue weighted by Gasteiger charge is -2.11. The average Bonchev–Trinajstić information content (AvgIpc) is 3.16. The van der Waals surface area contributed by atoms with Gasteiger partial charge in [0, 0.05) is 22.7 Å². The third-order valence-electron chi connectivity index (χ3n) is 4.21. The largest absolute Gasteiger partial charge is 0.326 e. The molecule has 2 N–H and O–H groups in total. The van der Waals surface area contributed by atoms with E-state index in [1.807, 2.05) is 30.3 Å². The molecule has 0 saturated heterocycles. The Morgan fingerprint density at radius 1 is 1.32 bits per heavy atom. The van der Waals surface area contributed by atoms with Crippen LogP contribution in [0, 0.1) is 25.2 Å². The highest BCUT2D eigenvalue weighted by atomic mass is 32.2. The topological polar surface area (TPSA) is 112 Å². The Morgan fingerprint density at radius 3 is 2.71 bits per heavy atom. The second-order valence-electron chi connectivity index (χ2n) is 6.05. The Balaban J connectivity index is 1.61. The number of carbonyl (C=O) groups excluding carboxylic acids is 1. The molecule has 28 heavy (non-hydrogen) atoms. The van der Waals surface area contributed by atoms with E-state index in [0.29, 0.717) is 23.4 Å². The molecule has 0 bridgehead atoms. The van der Waals surface area contributed by atoms with Crippen molar-refractivity contribution in [1.82, 2.24) is 15.2 Å². The number of hydrogen-bond donors (Lipinski definition) is 2. The van der Waals surface area contributed by atoms with E-state index in [4.69, 9.17) is 5.26 Å². The molecule has 0 radical (unpaired) electrons. The fraction of sp³-hybridized carbons (Fsp3) is 0.211. The molecule has 9 heteroatoms. The third-order valence-corrected chi connectivity index (χ3v) is 5.99. The molecular weight excluding hydrogens is 394 g/mol. The minimum absolute atomic E-state index is 0.101. The number of aromatic amines is 1. The molecule has 7 nitrogen and oxygen atoms in total. The van der Waals surface area contributed by atoms with Crippen molar-refractivity contribution in [3.8, 4) is 6.07 Å². The molecular formula is C19H17N5O2S2. The van der Waals surface area contributed by atoms with Gasteiger partial charge in [-0.1, -0.05) is 23.1 Å². The number of hydrogen-bond acceptors (Lipinski definition) is 7. The highest BCUT2D eigenvalue weighted by molar-refractivity contribution is 8.01. The lowest BCUT2D eigenvalue weighted by molar-refractivity contribution is -0.116. The number of pyridine rings is 1. The van der Waals surface area contributed by atoms with E-state index in [2.05, 4.69) is 20.5 Å². The van der Waals surface area contributed by atoms with E-state index in [1.54, 1.807) is 19.4 Å². The van der Waals surface area contributed by atoms with E-state index in [-0.39, 0.29) is 17.9 Å².